The van der Waals surface area contributed by atoms with Gasteiger partial charge in [-0.3, -0.25) is 4.79 Å². The first-order chi connectivity index (χ1) is 17.0. The second-order valence-electron chi connectivity index (χ2n) is 8.74. The van der Waals surface area contributed by atoms with E-state index in [9.17, 15) is 9.90 Å². The Balaban J connectivity index is 1.63. The Morgan fingerprint density at radius 3 is 2.37 bits per heavy atom. The highest BCUT2D eigenvalue weighted by molar-refractivity contribution is 5.75. The second-order valence-corrected chi connectivity index (χ2v) is 8.74. The number of hydrogen-bond donors (Lipinski definition) is 1. The monoisotopic (exact) mass is 476 g/mol. The minimum Gasteiger partial charge on any atom is -0.493 e. The zero-order valence-corrected chi connectivity index (χ0v) is 21.0. The van der Waals surface area contributed by atoms with Crippen LogP contribution in [0.25, 0.3) is 0 Å². The number of hydrogen-bond acceptors (Lipinski definition) is 4. The number of carboxylic acid groups (broad SMARTS) is 1. The van der Waals surface area contributed by atoms with Gasteiger partial charge in [-0.1, -0.05) is 61.9 Å². The van der Waals surface area contributed by atoms with Gasteiger partial charge in [-0.05, 0) is 73.1 Å². The molecule has 0 aromatic heterocycles. The molecule has 1 atom stereocenters. The van der Waals surface area contributed by atoms with Crippen LogP contribution in [0, 0.1) is 0 Å². The van der Waals surface area contributed by atoms with Gasteiger partial charge in [0, 0.05) is 0 Å². The fourth-order valence-electron chi connectivity index (χ4n) is 3.86. The molecule has 0 amide bonds. The largest absolute Gasteiger partial charge is 0.493 e. The topological polar surface area (TPSA) is 65.0 Å². The minimum atomic E-state index is -0.831. The van der Waals surface area contributed by atoms with E-state index in [-0.39, 0.29) is 0 Å². The molecular weight excluding hydrogens is 440 g/mol. The number of aryl methyl sites for hydroxylation is 2. The van der Waals surface area contributed by atoms with E-state index in [4.69, 9.17) is 14.2 Å². The second kappa shape index (κ2) is 13.4. The van der Waals surface area contributed by atoms with Crippen molar-refractivity contribution in [2.45, 2.75) is 58.5 Å². The third-order valence-electron chi connectivity index (χ3n) is 6.09. The van der Waals surface area contributed by atoms with Crippen molar-refractivity contribution in [1.29, 1.82) is 0 Å². The van der Waals surface area contributed by atoms with Gasteiger partial charge >= 0.3 is 5.97 Å². The average Bonchev–Trinajstić information content (AvgIpc) is 2.88. The molecule has 0 aliphatic rings. The van der Waals surface area contributed by atoms with Crippen LogP contribution in [0.1, 0.15) is 61.3 Å². The van der Waals surface area contributed by atoms with E-state index in [1.165, 1.54) is 5.56 Å². The van der Waals surface area contributed by atoms with Gasteiger partial charge < -0.3 is 19.3 Å². The normalized spacial score (nSPS) is 11.6. The fourth-order valence-corrected chi connectivity index (χ4v) is 3.86. The number of carboxylic acids is 1. The molecule has 5 nitrogen and oxygen atoms in total. The van der Waals surface area contributed by atoms with E-state index in [0.29, 0.717) is 13.2 Å². The molecule has 0 heterocycles. The van der Waals surface area contributed by atoms with Crippen molar-refractivity contribution < 1.29 is 24.1 Å². The van der Waals surface area contributed by atoms with E-state index in [2.05, 4.69) is 13.0 Å². The first-order valence-electron chi connectivity index (χ1n) is 12.3. The molecule has 5 heteroatoms. The number of ether oxygens (including phenoxy) is 3. The Labute approximate surface area is 208 Å². The Hall–Kier alpha value is -3.47. The van der Waals surface area contributed by atoms with E-state index < -0.39 is 11.9 Å². The molecule has 1 unspecified atom stereocenters. The average molecular weight is 477 g/mol. The molecule has 0 radical (unpaired) electrons. The lowest BCUT2D eigenvalue weighted by Gasteiger charge is -2.15. The number of methoxy groups -OCH3 is 1. The van der Waals surface area contributed by atoms with Crippen molar-refractivity contribution in [3.8, 4) is 17.2 Å². The van der Waals surface area contributed by atoms with Gasteiger partial charge in [-0.15, -0.1) is 0 Å². The summed E-state index contributed by atoms with van der Waals surface area (Å²) in [5, 5.41) is 9.37. The van der Waals surface area contributed by atoms with Crippen LogP contribution in [0.4, 0.5) is 0 Å². The highest BCUT2D eigenvalue weighted by Crippen LogP contribution is 2.30. The van der Waals surface area contributed by atoms with Crippen molar-refractivity contribution >= 4 is 5.97 Å². The number of aliphatic carboxylic acids is 1. The van der Waals surface area contributed by atoms with Crippen LogP contribution in [0.5, 0.6) is 17.2 Å². The number of benzene rings is 3. The maximum absolute atomic E-state index is 11.4. The Bertz CT molecular complexity index is 1080. The summed E-state index contributed by atoms with van der Waals surface area (Å²) in [7, 11) is 1.66. The van der Waals surface area contributed by atoms with E-state index >= 15 is 0 Å². The summed E-state index contributed by atoms with van der Waals surface area (Å²) in [4.78, 5) is 11.4. The van der Waals surface area contributed by atoms with Crippen LogP contribution in [0.2, 0.25) is 0 Å². The zero-order chi connectivity index (χ0) is 25.0. The predicted molar refractivity (Wildman–Crippen MR) is 139 cm³/mol. The summed E-state index contributed by atoms with van der Waals surface area (Å²) < 4.78 is 17.6. The van der Waals surface area contributed by atoms with Gasteiger partial charge in [0.15, 0.2) is 11.5 Å². The van der Waals surface area contributed by atoms with Crippen LogP contribution in [-0.4, -0.2) is 24.8 Å². The van der Waals surface area contributed by atoms with Crippen LogP contribution in [0.3, 0.4) is 0 Å². The van der Waals surface area contributed by atoms with Crippen molar-refractivity contribution in [2.75, 3.05) is 13.7 Å². The van der Waals surface area contributed by atoms with Gasteiger partial charge in [-0.25, -0.2) is 0 Å². The Kier molecular flexibility index (Phi) is 10.0. The van der Waals surface area contributed by atoms with E-state index in [0.717, 1.165) is 66.0 Å². The molecule has 1 N–H and O–H groups in total. The SMILES string of the molecule is CCCCOc1cc(C(C)C(=O)O)ccc1CCCc1ccc(OCc2ccccc2)c(OC)c1. The van der Waals surface area contributed by atoms with Crippen LogP contribution in [0.15, 0.2) is 66.7 Å². The van der Waals surface area contributed by atoms with Crippen molar-refractivity contribution in [1.82, 2.24) is 0 Å². The maximum Gasteiger partial charge on any atom is 0.310 e. The third-order valence-corrected chi connectivity index (χ3v) is 6.09. The number of rotatable bonds is 14. The van der Waals surface area contributed by atoms with Gasteiger partial charge in [0.25, 0.3) is 0 Å². The zero-order valence-electron chi connectivity index (χ0n) is 21.0. The standard InChI is InChI=1S/C30H36O5/c1-4-5-18-34-28-20-26(22(2)30(31)32)16-15-25(28)13-9-12-23-14-17-27(29(19-23)33-3)35-21-24-10-7-6-8-11-24/h6-8,10-11,14-17,19-20,22H,4-5,9,12-13,18,21H2,1-3H3,(H,31,32). The Morgan fingerprint density at radius 1 is 0.857 bits per heavy atom. The lowest BCUT2D eigenvalue weighted by Crippen LogP contribution is -2.09. The Morgan fingerprint density at radius 2 is 1.66 bits per heavy atom. The van der Waals surface area contributed by atoms with Crippen LogP contribution in [-0.2, 0) is 24.2 Å². The van der Waals surface area contributed by atoms with Crippen LogP contribution >= 0.6 is 0 Å². The van der Waals surface area contributed by atoms with E-state index in [1.807, 2.05) is 60.7 Å². The van der Waals surface area contributed by atoms with Gasteiger partial charge in [-0.2, -0.15) is 0 Å². The summed E-state index contributed by atoms with van der Waals surface area (Å²) in [6.45, 7) is 4.96. The fraction of sp³-hybridized carbons (Fsp3) is 0.367. The van der Waals surface area contributed by atoms with Crippen molar-refractivity contribution in [3.63, 3.8) is 0 Å². The molecule has 35 heavy (non-hydrogen) atoms. The number of carbonyl (C=O) groups is 1. The molecule has 3 aromatic carbocycles. The first-order valence-corrected chi connectivity index (χ1v) is 12.3. The van der Waals surface area contributed by atoms with Crippen LogP contribution < -0.4 is 14.2 Å². The molecule has 0 saturated carbocycles. The molecule has 0 spiro atoms. The summed E-state index contributed by atoms with van der Waals surface area (Å²) in [5.41, 5.74) is 4.17. The summed E-state index contributed by atoms with van der Waals surface area (Å²) in [5.74, 6) is 0.866. The van der Waals surface area contributed by atoms with Gasteiger partial charge in [0.05, 0.1) is 19.6 Å². The highest BCUT2D eigenvalue weighted by Gasteiger charge is 2.16. The van der Waals surface area contributed by atoms with Gasteiger partial charge in [0.1, 0.15) is 12.4 Å². The minimum absolute atomic E-state index is 0.494. The lowest BCUT2D eigenvalue weighted by atomic mass is 9.97. The van der Waals surface area contributed by atoms with Crippen molar-refractivity contribution in [2.24, 2.45) is 0 Å². The molecule has 0 bridgehead atoms. The van der Waals surface area contributed by atoms with E-state index in [1.54, 1.807) is 14.0 Å². The van der Waals surface area contributed by atoms with Crippen molar-refractivity contribution in [3.05, 3.63) is 89.0 Å². The smallest absolute Gasteiger partial charge is 0.310 e. The molecule has 3 aromatic rings. The van der Waals surface area contributed by atoms with Gasteiger partial charge in [0.2, 0.25) is 0 Å². The summed E-state index contributed by atoms with van der Waals surface area (Å²) in [6.07, 6.45) is 4.68. The highest BCUT2D eigenvalue weighted by atomic mass is 16.5. The molecule has 0 aliphatic carbocycles. The third kappa shape index (κ3) is 7.78. The molecule has 3 rings (SSSR count). The molecule has 0 saturated heterocycles. The first kappa shape index (κ1) is 26.1. The quantitative estimate of drug-likeness (QED) is 0.259. The predicted octanol–water partition coefficient (Wildman–Crippen LogP) is 6.82. The molecule has 0 aliphatic heterocycles. The molecule has 0 fully saturated rings. The molecule has 186 valence electrons. The maximum atomic E-state index is 11.4. The summed E-state index contributed by atoms with van der Waals surface area (Å²) >= 11 is 0. The number of unbranched alkanes of at least 4 members (excludes halogenated alkanes) is 1. The molecular formula is C30H36O5. The lowest BCUT2D eigenvalue weighted by molar-refractivity contribution is -0.138. The summed E-state index contributed by atoms with van der Waals surface area (Å²) in [6, 6.07) is 22.0.